The molecule has 150 valence electrons. The average Bonchev–Trinajstić information content (AvgIpc) is 3.05. The summed E-state index contributed by atoms with van der Waals surface area (Å²) in [5, 5.41) is 12.5. The van der Waals surface area contributed by atoms with Gasteiger partial charge in [-0.15, -0.1) is 0 Å². The van der Waals surface area contributed by atoms with Gasteiger partial charge in [-0.2, -0.15) is 0 Å². The van der Waals surface area contributed by atoms with Crippen LogP contribution in [-0.2, 0) is 15.1 Å². The van der Waals surface area contributed by atoms with Gasteiger partial charge in [0.2, 0.25) is 0 Å². The van der Waals surface area contributed by atoms with Gasteiger partial charge in [-0.05, 0) is 61.7 Å². The summed E-state index contributed by atoms with van der Waals surface area (Å²) in [6.45, 7) is 6.33. The van der Waals surface area contributed by atoms with E-state index in [0.29, 0.717) is 42.2 Å². The number of methoxy groups -OCH3 is 1. The van der Waals surface area contributed by atoms with Gasteiger partial charge in [0.25, 0.3) is 0 Å². The summed E-state index contributed by atoms with van der Waals surface area (Å²) < 4.78 is 31.7. The van der Waals surface area contributed by atoms with Crippen LogP contribution in [-0.4, -0.2) is 30.7 Å². The lowest BCUT2D eigenvalue weighted by Crippen LogP contribution is -2.35. The van der Waals surface area contributed by atoms with Crippen molar-refractivity contribution in [3.63, 3.8) is 0 Å². The molecule has 0 aromatic heterocycles. The van der Waals surface area contributed by atoms with Crippen molar-refractivity contribution in [1.29, 1.82) is 0 Å². The largest absolute Gasteiger partial charge is 0.457 e. The van der Waals surface area contributed by atoms with E-state index in [1.807, 2.05) is 32.9 Å². The summed E-state index contributed by atoms with van der Waals surface area (Å²) in [5.74, 6) is 0.578. The van der Waals surface area contributed by atoms with Crippen molar-refractivity contribution in [2.75, 3.05) is 13.7 Å². The Kier molecular flexibility index (Phi) is 6.01. The van der Waals surface area contributed by atoms with Gasteiger partial charge in [-0.25, -0.2) is 4.39 Å². The van der Waals surface area contributed by atoms with Crippen LogP contribution >= 0.6 is 0 Å². The maximum absolute atomic E-state index is 14.3. The SMILES string of the molecule is CCC(=NO)c1ccc(Oc2cc(F)cc(C3(OC)CCOC3C)c2)cc1C. The molecular formula is C22H26FNO4. The first kappa shape index (κ1) is 20.3. The van der Waals surface area contributed by atoms with Gasteiger partial charge in [0.1, 0.15) is 22.9 Å². The van der Waals surface area contributed by atoms with Crippen molar-refractivity contribution in [2.45, 2.75) is 45.3 Å². The molecule has 2 unspecified atom stereocenters. The molecule has 3 rings (SSSR count). The molecule has 6 heteroatoms. The topological polar surface area (TPSA) is 60.3 Å². The lowest BCUT2D eigenvalue weighted by atomic mass is 9.87. The molecule has 1 N–H and O–H groups in total. The van der Waals surface area contributed by atoms with Gasteiger partial charge in [0, 0.05) is 25.2 Å². The highest BCUT2D eigenvalue weighted by Crippen LogP contribution is 2.41. The Morgan fingerprint density at radius 1 is 1.29 bits per heavy atom. The van der Waals surface area contributed by atoms with Crippen LogP contribution in [0, 0.1) is 12.7 Å². The zero-order valence-electron chi connectivity index (χ0n) is 16.7. The smallest absolute Gasteiger partial charge is 0.130 e. The van der Waals surface area contributed by atoms with Crippen LogP contribution in [0.15, 0.2) is 41.6 Å². The second-order valence-electron chi connectivity index (χ2n) is 7.01. The summed E-state index contributed by atoms with van der Waals surface area (Å²) >= 11 is 0. The molecule has 28 heavy (non-hydrogen) atoms. The third-order valence-electron chi connectivity index (χ3n) is 5.42. The number of hydrogen-bond acceptors (Lipinski definition) is 5. The first-order valence-electron chi connectivity index (χ1n) is 9.41. The molecule has 0 aliphatic carbocycles. The summed E-state index contributed by atoms with van der Waals surface area (Å²) in [6.07, 6.45) is 1.09. The van der Waals surface area contributed by atoms with Gasteiger partial charge >= 0.3 is 0 Å². The molecule has 1 saturated heterocycles. The molecule has 5 nitrogen and oxygen atoms in total. The van der Waals surface area contributed by atoms with Crippen LogP contribution in [0.25, 0.3) is 0 Å². The lowest BCUT2D eigenvalue weighted by molar-refractivity contribution is -0.0649. The van der Waals surface area contributed by atoms with Gasteiger partial charge in [-0.1, -0.05) is 12.1 Å². The van der Waals surface area contributed by atoms with E-state index < -0.39 is 11.4 Å². The first-order chi connectivity index (χ1) is 13.4. The van der Waals surface area contributed by atoms with E-state index in [4.69, 9.17) is 19.4 Å². The standard InChI is InChI=1S/C22H26FNO4/c1-5-21(24-25)20-7-6-18(10-14(20)2)28-19-12-16(11-17(23)13-19)22(26-4)8-9-27-15(22)3/h6-7,10-13,15,25H,5,8-9H2,1-4H3. The van der Waals surface area contributed by atoms with Crippen LogP contribution < -0.4 is 4.74 Å². The van der Waals surface area contributed by atoms with Crippen molar-refractivity contribution in [1.82, 2.24) is 0 Å². The molecule has 0 bridgehead atoms. The minimum Gasteiger partial charge on any atom is -0.457 e. The molecule has 0 saturated carbocycles. The Labute approximate surface area is 164 Å². The zero-order valence-corrected chi connectivity index (χ0v) is 16.7. The summed E-state index contributed by atoms with van der Waals surface area (Å²) in [5.41, 5.74) is 2.38. The maximum atomic E-state index is 14.3. The number of hydrogen-bond donors (Lipinski definition) is 1. The monoisotopic (exact) mass is 387 g/mol. The van der Waals surface area contributed by atoms with Crippen LogP contribution in [0.1, 0.15) is 43.4 Å². The van der Waals surface area contributed by atoms with E-state index in [1.54, 1.807) is 19.2 Å². The van der Waals surface area contributed by atoms with E-state index in [0.717, 1.165) is 11.1 Å². The molecular weight excluding hydrogens is 361 g/mol. The number of nitrogens with zero attached hydrogens (tertiary/aromatic N) is 1. The molecule has 0 amide bonds. The van der Waals surface area contributed by atoms with Crippen LogP contribution in [0.3, 0.4) is 0 Å². The highest BCUT2D eigenvalue weighted by atomic mass is 19.1. The van der Waals surface area contributed by atoms with E-state index in [9.17, 15) is 4.39 Å². The molecule has 1 fully saturated rings. The van der Waals surface area contributed by atoms with Crippen molar-refractivity contribution >= 4 is 5.71 Å². The molecule has 1 aliphatic heterocycles. The minimum atomic E-state index is -0.687. The van der Waals surface area contributed by atoms with Gasteiger partial charge in [-0.3, -0.25) is 0 Å². The Morgan fingerprint density at radius 2 is 2.07 bits per heavy atom. The average molecular weight is 387 g/mol. The van der Waals surface area contributed by atoms with E-state index in [2.05, 4.69) is 5.16 Å². The second kappa shape index (κ2) is 8.29. The number of ether oxygens (including phenoxy) is 3. The number of halogens is 1. The fourth-order valence-electron chi connectivity index (χ4n) is 3.83. The van der Waals surface area contributed by atoms with E-state index in [-0.39, 0.29) is 6.10 Å². The molecule has 1 heterocycles. The van der Waals surface area contributed by atoms with Crippen LogP contribution in [0.5, 0.6) is 11.5 Å². The first-order valence-corrected chi connectivity index (χ1v) is 9.41. The van der Waals surface area contributed by atoms with Crippen molar-refractivity contribution in [3.8, 4) is 11.5 Å². The summed E-state index contributed by atoms with van der Waals surface area (Å²) in [7, 11) is 1.62. The third kappa shape index (κ3) is 3.75. The summed E-state index contributed by atoms with van der Waals surface area (Å²) in [4.78, 5) is 0. The number of aryl methyl sites for hydroxylation is 1. The summed E-state index contributed by atoms with van der Waals surface area (Å²) in [6, 6.07) is 10.1. The molecule has 1 aliphatic rings. The Bertz CT molecular complexity index is 883. The van der Waals surface area contributed by atoms with Gasteiger partial charge in [0.15, 0.2) is 0 Å². The fourth-order valence-corrected chi connectivity index (χ4v) is 3.83. The fraction of sp³-hybridized carbons (Fsp3) is 0.409. The third-order valence-corrected chi connectivity index (χ3v) is 5.42. The molecule has 0 radical (unpaired) electrons. The van der Waals surface area contributed by atoms with Crippen LogP contribution in [0.4, 0.5) is 4.39 Å². The van der Waals surface area contributed by atoms with Crippen LogP contribution in [0.2, 0.25) is 0 Å². The Morgan fingerprint density at radius 3 is 2.64 bits per heavy atom. The van der Waals surface area contributed by atoms with Crippen molar-refractivity contribution in [3.05, 3.63) is 58.9 Å². The lowest BCUT2D eigenvalue weighted by Gasteiger charge is -2.31. The highest BCUT2D eigenvalue weighted by molar-refractivity contribution is 6.01. The Balaban J connectivity index is 1.92. The maximum Gasteiger partial charge on any atom is 0.130 e. The highest BCUT2D eigenvalue weighted by Gasteiger charge is 2.44. The molecule has 2 aromatic carbocycles. The second-order valence-corrected chi connectivity index (χ2v) is 7.01. The van der Waals surface area contributed by atoms with Crippen molar-refractivity contribution < 1.29 is 23.8 Å². The number of oxime groups is 1. The predicted molar refractivity (Wildman–Crippen MR) is 105 cm³/mol. The molecule has 2 aromatic rings. The number of benzene rings is 2. The van der Waals surface area contributed by atoms with Gasteiger partial charge < -0.3 is 19.4 Å². The normalized spacial score (nSPS) is 22.5. The Hall–Kier alpha value is -2.44. The zero-order chi connectivity index (χ0) is 20.3. The molecule has 2 atom stereocenters. The van der Waals surface area contributed by atoms with Gasteiger partial charge in [0.05, 0.1) is 18.4 Å². The minimum absolute atomic E-state index is 0.182. The predicted octanol–water partition coefficient (Wildman–Crippen LogP) is 5.17. The van der Waals surface area contributed by atoms with E-state index >= 15 is 0 Å². The van der Waals surface area contributed by atoms with E-state index in [1.165, 1.54) is 12.1 Å². The number of rotatable bonds is 6. The quantitative estimate of drug-likeness (QED) is 0.422. The molecule has 0 spiro atoms. The van der Waals surface area contributed by atoms with Crippen molar-refractivity contribution in [2.24, 2.45) is 5.16 Å².